The second-order valence-corrected chi connectivity index (χ2v) is 5.36. The highest BCUT2D eigenvalue weighted by atomic mass is 79.9. The van der Waals surface area contributed by atoms with Gasteiger partial charge >= 0.3 is 6.18 Å². The van der Waals surface area contributed by atoms with Gasteiger partial charge in [0, 0.05) is 38.6 Å². The molecule has 106 valence electrons. The number of piperazine rings is 1. The van der Waals surface area contributed by atoms with Gasteiger partial charge in [0.25, 0.3) is 0 Å². The summed E-state index contributed by atoms with van der Waals surface area (Å²) in [5, 5.41) is 0. The molecule has 2 rings (SSSR count). The molecule has 4 nitrogen and oxygen atoms in total. The van der Waals surface area contributed by atoms with E-state index in [1.807, 2.05) is 4.90 Å². The summed E-state index contributed by atoms with van der Waals surface area (Å²) in [5.74, 6) is 0.558. The van der Waals surface area contributed by atoms with E-state index in [4.69, 9.17) is 0 Å². The van der Waals surface area contributed by atoms with Crippen LogP contribution < -0.4 is 4.90 Å². The van der Waals surface area contributed by atoms with Crippen LogP contribution in [-0.4, -0.2) is 53.3 Å². The molecule has 1 aromatic rings. The number of anilines is 1. The van der Waals surface area contributed by atoms with Crippen molar-refractivity contribution in [2.45, 2.75) is 19.1 Å². The summed E-state index contributed by atoms with van der Waals surface area (Å²) in [6.07, 6.45) is -0.906. The first-order valence-corrected chi connectivity index (χ1v) is 6.70. The average Bonchev–Trinajstić information content (AvgIpc) is 2.38. The zero-order valence-electron chi connectivity index (χ0n) is 10.4. The number of nitrogens with zero attached hydrogens (tertiary/aromatic N) is 4. The van der Waals surface area contributed by atoms with Gasteiger partial charge in [-0.15, -0.1) is 0 Å². The molecular weight excluding hydrogens is 325 g/mol. The van der Waals surface area contributed by atoms with Crippen LogP contribution in [0.2, 0.25) is 0 Å². The number of halogens is 4. The van der Waals surface area contributed by atoms with Crippen LogP contribution >= 0.6 is 15.9 Å². The van der Waals surface area contributed by atoms with E-state index in [0.29, 0.717) is 32.1 Å². The summed E-state index contributed by atoms with van der Waals surface area (Å²) in [6, 6.07) is -1.40. The molecule has 0 saturated carbocycles. The fourth-order valence-electron chi connectivity index (χ4n) is 1.99. The third-order valence-corrected chi connectivity index (χ3v) is 3.63. The predicted molar refractivity (Wildman–Crippen MR) is 69.0 cm³/mol. The molecule has 0 N–H and O–H groups in total. The Kier molecular flexibility index (Phi) is 4.29. The minimum Gasteiger partial charge on any atom is -0.338 e. The van der Waals surface area contributed by atoms with Gasteiger partial charge in [0.1, 0.15) is 6.04 Å². The molecule has 8 heteroatoms. The summed E-state index contributed by atoms with van der Waals surface area (Å²) in [5.41, 5.74) is 0. The van der Waals surface area contributed by atoms with Gasteiger partial charge in [-0.2, -0.15) is 13.2 Å². The Morgan fingerprint density at radius 1 is 1.16 bits per heavy atom. The number of hydrogen-bond acceptors (Lipinski definition) is 4. The summed E-state index contributed by atoms with van der Waals surface area (Å²) in [7, 11) is 0. The van der Waals surface area contributed by atoms with Crippen LogP contribution in [0.25, 0.3) is 0 Å². The Morgan fingerprint density at radius 3 is 2.16 bits per heavy atom. The van der Waals surface area contributed by atoms with Gasteiger partial charge in [-0.1, -0.05) is 0 Å². The Morgan fingerprint density at radius 2 is 1.68 bits per heavy atom. The molecule has 1 fully saturated rings. The molecule has 1 atom stereocenters. The van der Waals surface area contributed by atoms with E-state index >= 15 is 0 Å². The maximum absolute atomic E-state index is 12.6. The molecule has 0 unspecified atom stereocenters. The highest BCUT2D eigenvalue weighted by Gasteiger charge is 2.40. The van der Waals surface area contributed by atoms with Crippen molar-refractivity contribution < 1.29 is 13.2 Å². The topological polar surface area (TPSA) is 32.3 Å². The van der Waals surface area contributed by atoms with Crippen molar-refractivity contribution in [3.8, 4) is 0 Å². The summed E-state index contributed by atoms with van der Waals surface area (Å²) < 4.78 is 38.6. The fourth-order valence-corrected chi connectivity index (χ4v) is 2.19. The van der Waals surface area contributed by atoms with Crippen LogP contribution in [0.4, 0.5) is 19.1 Å². The SMILES string of the molecule is C[C@@H](N1CCN(c2ncc(Br)cn2)CC1)C(F)(F)F. The highest BCUT2D eigenvalue weighted by Crippen LogP contribution is 2.25. The van der Waals surface area contributed by atoms with Crippen LogP contribution in [-0.2, 0) is 0 Å². The van der Waals surface area contributed by atoms with E-state index in [9.17, 15) is 13.2 Å². The van der Waals surface area contributed by atoms with Gasteiger partial charge in [0.15, 0.2) is 0 Å². The third-order valence-electron chi connectivity index (χ3n) is 3.23. The number of alkyl halides is 3. The lowest BCUT2D eigenvalue weighted by atomic mass is 10.2. The monoisotopic (exact) mass is 338 g/mol. The van der Waals surface area contributed by atoms with E-state index in [0.717, 1.165) is 4.47 Å². The molecule has 0 radical (unpaired) electrons. The second kappa shape index (κ2) is 5.62. The standard InChI is InChI=1S/C11H14BrF3N4/c1-8(11(13,14)15)18-2-4-19(5-3-18)10-16-6-9(12)7-17-10/h6-8H,2-5H2,1H3/t8-/m1/s1. The van der Waals surface area contributed by atoms with Gasteiger partial charge < -0.3 is 4.90 Å². The first kappa shape index (κ1) is 14.5. The van der Waals surface area contributed by atoms with Crippen molar-refractivity contribution in [1.82, 2.24) is 14.9 Å². The van der Waals surface area contributed by atoms with E-state index in [1.165, 1.54) is 11.8 Å². The van der Waals surface area contributed by atoms with Crippen LogP contribution in [0.15, 0.2) is 16.9 Å². The van der Waals surface area contributed by atoms with Gasteiger partial charge in [0.2, 0.25) is 5.95 Å². The molecule has 0 aromatic carbocycles. The molecule has 1 aliphatic rings. The van der Waals surface area contributed by atoms with Crippen molar-refractivity contribution >= 4 is 21.9 Å². The van der Waals surface area contributed by atoms with Crippen LogP contribution in [0.5, 0.6) is 0 Å². The van der Waals surface area contributed by atoms with Crippen molar-refractivity contribution in [1.29, 1.82) is 0 Å². The summed E-state index contributed by atoms with van der Waals surface area (Å²) in [4.78, 5) is 11.6. The molecule has 1 aromatic heterocycles. The van der Waals surface area contributed by atoms with E-state index in [-0.39, 0.29) is 0 Å². The molecule has 1 aliphatic heterocycles. The van der Waals surface area contributed by atoms with Gasteiger partial charge in [-0.25, -0.2) is 9.97 Å². The fraction of sp³-hybridized carbons (Fsp3) is 0.636. The second-order valence-electron chi connectivity index (χ2n) is 4.44. The van der Waals surface area contributed by atoms with E-state index in [1.54, 1.807) is 12.4 Å². The van der Waals surface area contributed by atoms with Crippen LogP contribution in [0.3, 0.4) is 0 Å². The van der Waals surface area contributed by atoms with E-state index < -0.39 is 12.2 Å². The lowest BCUT2D eigenvalue weighted by Crippen LogP contribution is -2.54. The van der Waals surface area contributed by atoms with Crippen molar-refractivity contribution in [3.05, 3.63) is 16.9 Å². The third kappa shape index (κ3) is 3.56. The quantitative estimate of drug-likeness (QED) is 0.828. The lowest BCUT2D eigenvalue weighted by Gasteiger charge is -2.38. The first-order valence-electron chi connectivity index (χ1n) is 5.91. The van der Waals surface area contributed by atoms with Gasteiger partial charge in [0.05, 0.1) is 4.47 Å². The summed E-state index contributed by atoms with van der Waals surface area (Å²) in [6.45, 7) is 2.93. The lowest BCUT2D eigenvalue weighted by molar-refractivity contribution is -0.179. The van der Waals surface area contributed by atoms with Crippen LogP contribution in [0.1, 0.15) is 6.92 Å². The molecule has 2 heterocycles. The zero-order valence-corrected chi connectivity index (χ0v) is 11.9. The predicted octanol–water partition coefficient (Wildman–Crippen LogP) is 2.31. The van der Waals surface area contributed by atoms with Gasteiger partial charge in [-0.05, 0) is 22.9 Å². The Hall–Kier alpha value is -0.890. The zero-order chi connectivity index (χ0) is 14.0. The van der Waals surface area contributed by atoms with Crippen molar-refractivity contribution in [2.75, 3.05) is 31.1 Å². The van der Waals surface area contributed by atoms with Crippen molar-refractivity contribution in [2.24, 2.45) is 0 Å². The molecule has 0 spiro atoms. The number of rotatable bonds is 2. The van der Waals surface area contributed by atoms with E-state index in [2.05, 4.69) is 25.9 Å². The first-order chi connectivity index (χ1) is 8.88. The molecule has 0 amide bonds. The normalized spacial score (nSPS) is 19.5. The molecule has 1 saturated heterocycles. The molecule has 0 bridgehead atoms. The highest BCUT2D eigenvalue weighted by molar-refractivity contribution is 9.10. The Balaban J connectivity index is 1.94. The minimum absolute atomic E-state index is 0.361. The number of hydrogen-bond donors (Lipinski definition) is 0. The van der Waals surface area contributed by atoms with Crippen molar-refractivity contribution in [3.63, 3.8) is 0 Å². The van der Waals surface area contributed by atoms with Gasteiger partial charge in [-0.3, -0.25) is 4.90 Å². The minimum atomic E-state index is -4.17. The Bertz CT molecular complexity index is 415. The molecular formula is C11H14BrF3N4. The average molecular weight is 339 g/mol. The smallest absolute Gasteiger partial charge is 0.338 e. The summed E-state index contributed by atoms with van der Waals surface area (Å²) >= 11 is 3.24. The number of aromatic nitrogens is 2. The maximum atomic E-state index is 12.6. The largest absolute Gasteiger partial charge is 0.403 e. The molecule has 0 aliphatic carbocycles. The molecule has 19 heavy (non-hydrogen) atoms. The van der Waals surface area contributed by atoms with Crippen LogP contribution in [0, 0.1) is 0 Å². The maximum Gasteiger partial charge on any atom is 0.403 e. The Labute approximate surface area is 117 Å².